The van der Waals surface area contributed by atoms with Crippen molar-refractivity contribution in [1.82, 2.24) is 14.6 Å². The third-order valence-corrected chi connectivity index (χ3v) is 3.85. The first-order valence-electron chi connectivity index (χ1n) is 7.71. The highest BCUT2D eigenvalue weighted by Crippen LogP contribution is 2.31. The number of rotatable bonds is 5. The minimum Gasteiger partial charge on any atom is -0.463 e. The summed E-state index contributed by atoms with van der Waals surface area (Å²) in [5.41, 5.74) is -0.719. The monoisotopic (exact) mass is 355 g/mol. The van der Waals surface area contributed by atoms with E-state index in [2.05, 4.69) is 4.98 Å². The number of nitrogens with one attached hydrogen (secondary N) is 1. The molecule has 138 valence electrons. The van der Waals surface area contributed by atoms with Gasteiger partial charge in [0.15, 0.2) is 0 Å². The smallest absolute Gasteiger partial charge is 0.330 e. The van der Waals surface area contributed by atoms with E-state index in [0.717, 1.165) is 0 Å². The molecule has 0 aromatic carbocycles. The Morgan fingerprint density at radius 2 is 2.04 bits per heavy atom. The first-order chi connectivity index (χ1) is 11.7. The van der Waals surface area contributed by atoms with Crippen LogP contribution >= 0.6 is 0 Å². The molecule has 1 saturated heterocycles. The number of likely N-dealkylation sites (N-methyl/N-ethyl adjacent to an activating group) is 1. The summed E-state index contributed by atoms with van der Waals surface area (Å²) >= 11 is 0. The van der Waals surface area contributed by atoms with E-state index >= 15 is 0 Å². The number of carbonyl (C=O) groups excluding carboxylic acids is 2. The first kappa shape index (κ1) is 18.9. The number of nitrogens with zero attached hydrogens (tertiary/aromatic N) is 2. The Morgan fingerprint density at radius 1 is 1.36 bits per heavy atom. The van der Waals surface area contributed by atoms with Gasteiger partial charge in [-0.25, -0.2) is 4.79 Å². The van der Waals surface area contributed by atoms with Gasteiger partial charge in [-0.15, -0.1) is 5.06 Å². The lowest BCUT2D eigenvalue weighted by Crippen LogP contribution is -2.41. The van der Waals surface area contributed by atoms with Crippen LogP contribution < -0.4 is 11.2 Å². The van der Waals surface area contributed by atoms with Crippen LogP contribution in [0.15, 0.2) is 15.8 Å². The molecule has 0 amide bonds. The highest BCUT2D eigenvalue weighted by Gasteiger charge is 2.41. The van der Waals surface area contributed by atoms with Gasteiger partial charge in [-0.2, -0.15) is 0 Å². The van der Waals surface area contributed by atoms with Crippen LogP contribution in [-0.2, 0) is 23.9 Å². The molecule has 0 bridgehead atoms. The van der Waals surface area contributed by atoms with Crippen LogP contribution in [0.25, 0.3) is 0 Å². The van der Waals surface area contributed by atoms with Gasteiger partial charge in [0.1, 0.15) is 18.9 Å². The summed E-state index contributed by atoms with van der Waals surface area (Å²) in [6.45, 7) is 4.05. The number of aromatic nitrogens is 2. The lowest BCUT2D eigenvalue weighted by molar-refractivity contribution is -0.198. The van der Waals surface area contributed by atoms with Gasteiger partial charge >= 0.3 is 17.6 Å². The highest BCUT2D eigenvalue weighted by atomic mass is 16.7. The van der Waals surface area contributed by atoms with Crippen molar-refractivity contribution in [3.8, 4) is 0 Å². The van der Waals surface area contributed by atoms with Crippen LogP contribution in [0.3, 0.4) is 0 Å². The second-order valence-electron chi connectivity index (χ2n) is 5.84. The summed E-state index contributed by atoms with van der Waals surface area (Å²) in [4.78, 5) is 53.1. The Kier molecular flexibility index (Phi) is 5.75. The molecule has 0 unspecified atom stereocenters. The minimum atomic E-state index is -0.702. The van der Waals surface area contributed by atoms with Crippen LogP contribution in [0.5, 0.6) is 0 Å². The van der Waals surface area contributed by atoms with Gasteiger partial charge in [0.25, 0.3) is 5.56 Å². The van der Waals surface area contributed by atoms with Gasteiger partial charge < -0.3 is 14.3 Å². The summed E-state index contributed by atoms with van der Waals surface area (Å²) in [5.74, 6) is -0.979. The second-order valence-corrected chi connectivity index (χ2v) is 5.84. The Hall–Kier alpha value is -2.46. The molecule has 3 atom stereocenters. The minimum absolute atomic E-state index is 0.0564. The molecule has 1 fully saturated rings. The molecule has 10 nitrogen and oxygen atoms in total. The van der Waals surface area contributed by atoms with Crippen LogP contribution in [-0.4, -0.2) is 52.4 Å². The van der Waals surface area contributed by atoms with E-state index in [1.54, 1.807) is 14.0 Å². The van der Waals surface area contributed by atoms with Gasteiger partial charge in [0, 0.05) is 39.1 Å². The lowest BCUT2D eigenvalue weighted by atomic mass is 10.1. The number of esters is 1. The average Bonchev–Trinajstić information content (AvgIpc) is 2.92. The van der Waals surface area contributed by atoms with Crippen LogP contribution in [0.4, 0.5) is 0 Å². The van der Waals surface area contributed by atoms with Crippen molar-refractivity contribution in [1.29, 1.82) is 0 Å². The van der Waals surface area contributed by atoms with E-state index in [9.17, 15) is 19.2 Å². The van der Waals surface area contributed by atoms with Crippen molar-refractivity contribution in [2.24, 2.45) is 0 Å². The van der Waals surface area contributed by atoms with Crippen LogP contribution in [0.2, 0.25) is 0 Å². The number of aryl methyl sites for hydroxylation is 1. The maximum absolute atomic E-state index is 12.0. The molecular formula is C15H21N3O7. The standard InChI is InChI=1S/C15H21N3O7/c1-8-6-18(15(22)16-14(8)21)13-5-11(17(4)25-10(3)20)12(24-13)7-23-9(2)19/h6,11-13H,5,7H2,1-4H3,(H,16,21,22)/t11-,12-,13-/m1/s1. The molecule has 1 N–H and O–H groups in total. The number of hydroxylamine groups is 2. The summed E-state index contributed by atoms with van der Waals surface area (Å²) in [5, 5.41) is 1.32. The number of ether oxygens (including phenoxy) is 2. The highest BCUT2D eigenvalue weighted by molar-refractivity contribution is 5.66. The van der Waals surface area contributed by atoms with Crippen molar-refractivity contribution in [3.05, 3.63) is 32.6 Å². The van der Waals surface area contributed by atoms with Gasteiger partial charge in [-0.3, -0.25) is 23.9 Å². The number of hydrogen-bond acceptors (Lipinski definition) is 8. The first-order valence-corrected chi connectivity index (χ1v) is 7.71. The summed E-state index contributed by atoms with van der Waals surface area (Å²) in [7, 11) is 1.56. The summed E-state index contributed by atoms with van der Waals surface area (Å²) < 4.78 is 12.1. The fourth-order valence-electron chi connectivity index (χ4n) is 2.69. The zero-order chi connectivity index (χ0) is 18.7. The second kappa shape index (κ2) is 7.62. The molecule has 1 aromatic rings. The van der Waals surface area contributed by atoms with Crippen molar-refractivity contribution < 1.29 is 23.9 Å². The van der Waals surface area contributed by atoms with E-state index in [1.165, 1.54) is 29.7 Å². The number of H-pyrrole nitrogens is 1. The summed E-state index contributed by atoms with van der Waals surface area (Å²) in [6.07, 6.45) is 0.383. The number of carbonyl (C=O) groups is 2. The Balaban J connectivity index is 2.26. The molecule has 1 aromatic heterocycles. The average molecular weight is 355 g/mol. The zero-order valence-electron chi connectivity index (χ0n) is 14.5. The Labute approximate surface area is 143 Å². The third-order valence-electron chi connectivity index (χ3n) is 3.85. The SMILES string of the molecule is CC(=O)OC[C@H]1O[C@@H](n2cc(C)c(=O)[nH]c2=O)C[C@H]1N(C)OC(C)=O. The summed E-state index contributed by atoms with van der Waals surface area (Å²) in [6, 6.07) is -0.438. The van der Waals surface area contributed by atoms with E-state index in [4.69, 9.17) is 14.3 Å². The van der Waals surface area contributed by atoms with E-state index in [1.807, 2.05) is 0 Å². The van der Waals surface area contributed by atoms with Crippen LogP contribution in [0.1, 0.15) is 32.1 Å². The van der Waals surface area contributed by atoms with Crippen molar-refractivity contribution in [2.75, 3.05) is 13.7 Å². The third kappa shape index (κ3) is 4.54. The quantitative estimate of drug-likeness (QED) is 0.553. The largest absolute Gasteiger partial charge is 0.463 e. The molecule has 1 aliphatic heterocycles. The molecule has 0 aliphatic carbocycles. The van der Waals surface area contributed by atoms with Crippen molar-refractivity contribution in [3.63, 3.8) is 0 Å². The molecule has 2 rings (SSSR count). The normalized spacial score (nSPS) is 22.8. The molecule has 10 heteroatoms. The maximum atomic E-state index is 12.0. The molecule has 0 radical (unpaired) electrons. The van der Waals surface area contributed by atoms with Gasteiger partial charge in [-0.05, 0) is 6.92 Å². The zero-order valence-corrected chi connectivity index (χ0v) is 14.5. The van der Waals surface area contributed by atoms with E-state index in [-0.39, 0.29) is 6.61 Å². The molecule has 0 saturated carbocycles. The molecule has 25 heavy (non-hydrogen) atoms. The Bertz CT molecular complexity index is 769. The molecule has 2 heterocycles. The maximum Gasteiger partial charge on any atom is 0.330 e. The topological polar surface area (TPSA) is 120 Å². The molecule has 0 spiro atoms. The Morgan fingerprint density at radius 3 is 2.64 bits per heavy atom. The van der Waals surface area contributed by atoms with Gasteiger partial charge in [0.05, 0.1) is 6.04 Å². The lowest BCUT2D eigenvalue weighted by Gasteiger charge is -2.25. The van der Waals surface area contributed by atoms with Crippen molar-refractivity contribution >= 4 is 11.9 Å². The molecule has 1 aliphatic rings. The fourth-order valence-corrected chi connectivity index (χ4v) is 2.69. The van der Waals surface area contributed by atoms with E-state index in [0.29, 0.717) is 12.0 Å². The van der Waals surface area contributed by atoms with E-state index < -0.39 is 41.6 Å². The fraction of sp³-hybridized carbons (Fsp3) is 0.600. The number of aromatic amines is 1. The predicted molar refractivity (Wildman–Crippen MR) is 84.5 cm³/mol. The van der Waals surface area contributed by atoms with Crippen LogP contribution in [0, 0.1) is 6.92 Å². The van der Waals surface area contributed by atoms with Gasteiger partial charge in [-0.1, -0.05) is 0 Å². The van der Waals surface area contributed by atoms with Gasteiger partial charge in [0.2, 0.25) is 0 Å². The molecular weight excluding hydrogens is 334 g/mol. The predicted octanol–water partition coefficient (Wildman–Crippen LogP) is -0.526. The number of hydrogen-bond donors (Lipinski definition) is 1. The van der Waals surface area contributed by atoms with Crippen molar-refractivity contribution in [2.45, 2.75) is 45.6 Å².